The van der Waals surface area contributed by atoms with Crippen molar-refractivity contribution in [3.8, 4) is 5.75 Å². The van der Waals surface area contributed by atoms with Gasteiger partial charge in [0.15, 0.2) is 0 Å². The zero-order valence-electron chi connectivity index (χ0n) is 10.5. The molecule has 0 atom stereocenters. The number of methoxy groups -OCH3 is 1. The average molecular weight is 261 g/mol. The SMILES string of the molecule is COc1ccc(CCNc2cc(=O)[nH]c(=O)[nH]2)cc1. The smallest absolute Gasteiger partial charge is 0.327 e. The van der Waals surface area contributed by atoms with Crippen molar-refractivity contribution in [2.24, 2.45) is 0 Å². The topological polar surface area (TPSA) is 87.0 Å². The zero-order chi connectivity index (χ0) is 13.7. The molecule has 0 aliphatic heterocycles. The van der Waals surface area contributed by atoms with E-state index in [1.807, 2.05) is 24.3 Å². The highest BCUT2D eigenvalue weighted by Gasteiger charge is 1.97. The molecule has 0 spiro atoms. The highest BCUT2D eigenvalue weighted by molar-refractivity contribution is 5.32. The van der Waals surface area contributed by atoms with Gasteiger partial charge in [-0.1, -0.05) is 12.1 Å². The minimum atomic E-state index is -0.514. The highest BCUT2D eigenvalue weighted by Crippen LogP contribution is 2.11. The number of rotatable bonds is 5. The summed E-state index contributed by atoms with van der Waals surface area (Å²) in [5.74, 6) is 1.23. The number of ether oxygens (including phenoxy) is 1. The predicted molar refractivity (Wildman–Crippen MR) is 72.9 cm³/mol. The Morgan fingerprint density at radius 2 is 1.89 bits per heavy atom. The van der Waals surface area contributed by atoms with Crippen LogP contribution in [0.5, 0.6) is 5.75 Å². The summed E-state index contributed by atoms with van der Waals surface area (Å²) in [4.78, 5) is 26.8. The molecule has 0 saturated carbocycles. The molecule has 100 valence electrons. The minimum absolute atomic E-state index is 0.419. The van der Waals surface area contributed by atoms with Gasteiger partial charge in [0, 0.05) is 12.6 Å². The second kappa shape index (κ2) is 5.90. The van der Waals surface area contributed by atoms with E-state index >= 15 is 0 Å². The summed E-state index contributed by atoms with van der Waals surface area (Å²) in [6.07, 6.45) is 0.777. The van der Waals surface area contributed by atoms with Gasteiger partial charge in [-0.2, -0.15) is 0 Å². The number of hydrogen-bond acceptors (Lipinski definition) is 4. The number of benzene rings is 1. The Morgan fingerprint density at radius 1 is 1.16 bits per heavy atom. The Hall–Kier alpha value is -2.50. The Labute approximate surface area is 109 Å². The van der Waals surface area contributed by atoms with Crippen LogP contribution in [0.25, 0.3) is 0 Å². The minimum Gasteiger partial charge on any atom is -0.497 e. The van der Waals surface area contributed by atoms with Gasteiger partial charge >= 0.3 is 5.69 Å². The molecular formula is C13H15N3O3. The van der Waals surface area contributed by atoms with E-state index < -0.39 is 11.2 Å². The summed E-state index contributed by atoms with van der Waals surface area (Å²) in [6.45, 7) is 0.617. The lowest BCUT2D eigenvalue weighted by Gasteiger charge is -2.06. The molecule has 3 N–H and O–H groups in total. The quantitative estimate of drug-likeness (QED) is 0.740. The second-order valence-electron chi connectivity index (χ2n) is 4.03. The average Bonchev–Trinajstić information content (AvgIpc) is 2.38. The van der Waals surface area contributed by atoms with Crippen LogP contribution in [0.1, 0.15) is 5.56 Å². The molecule has 0 radical (unpaired) electrons. The van der Waals surface area contributed by atoms with E-state index in [0.717, 1.165) is 17.7 Å². The number of hydrogen-bond donors (Lipinski definition) is 3. The van der Waals surface area contributed by atoms with E-state index in [4.69, 9.17) is 4.74 Å². The molecule has 0 amide bonds. The summed E-state index contributed by atoms with van der Waals surface area (Å²) in [7, 11) is 1.62. The van der Waals surface area contributed by atoms with Crippen molar-refractivity contribution in [3.05, 3.63) is 56.7 Å². The van der Waals surface area contributed by atoms with Crippen LogP contribution in [-0.2, 0) is 6.42 Å². The predicted octanol–water partition coefficient (Wildman–Crippen LogP) is 0.726. The van der Waals surface area contributed by atoms with Crippen LogP contribution < -0.4 is 21.3 Å². The third-order valence-corrected chi connectivity index (χ3v) is 2.65. The molecule has 0 unspecified atom stereocenters. The lowest BCUT2D eigenvalue weighted by Crippen LogP contribution is -2.23. The van der Waals surface area contributed by atoms with Crippen LogP contribution in [-0.4, -0.2) is 23.6 Å². The Kier molecular flexibility index (Phi) is 4.02. The van der Waals surface area contributed by atoms with Crippen LogP contribution in [0.4, 0.5) is 5.82 Å². The fraction of sp³-hybridized carbons (Fsp3) is 0.231. The van der Waals surface area contributed by atoms with Crippen molar-refractivity contribution in [1.29, 1.82) is 0 Å². The molecule has 0 fully saturated rings. The lowest BCUT2D eigenvalue weighted by molar-refractivity contribution is 0.414. The van der Waals surface area contributed by atoms with E-state index in [1.54, 1.807) is 7.11 Å². The third-order valence-electron chi connectivity index (χ3n) is 2.65. The molecule has 0 aliphatic carbocycles. The molecule has 0 saturated heterocycles. The molecule has 0 aliphatic rings. The maximum Gasteiger partial charge on any atom is 0.327 e. The van der Waals surface area contributed by atoms with Crippen molar-refractivity contribution in [2.75, 3.05) is 19.0 Å². The van der Waals surface area contributed by atoms with Crippen LogP contribution >= 0.6 is 0 Å². The van der Waals surface area contributed by atoms with Gasteiger partial charge in [-0.25, -0.2) is 4.79 Å². The van der Waals surface area contributed by atoms with Gasteiger partial charge in [-0.3, -0.25) is 14.8 Å². The molecule has 1 aromatic carbocycles. The number of anilines is 1. The van der Waals surface area contributed by atoms with Gasteiger partial charge in [0.1, 0.15) is 11.6 Å². The standard InChI is InChI=1S/C13H15N3O3/c1-19-10-4-2-9(3-5-10)6-7-14-11-8-12(17)16-13(18)15-11/h2-5,8H,6-7H2,1H3,(H3,14,15,16,17,18). The second-order valence-corrected chi connectivity index (χ2v) is 4.03. The van der Waals surface area contributed by atoms with E-state index in [0.29, 0.717) is 12.4 Å². The van der Waals surface area contributed by atoms with Gasteiger partial charge in [-0.05, 0) is 24.1 Å². The van der Waals surface area contributed by atoms with Gasteiger partial charge < -0.3 is 10.1 Å². The maximum atomic E-state index is 11.1. The first kappa shape index (κ1) is 12.9. The van der Waals surface area contributed by atoms with E-state index in [9.17, 15) is 9.59 Å². The zero-order valence-corrected chi connectivity index (χ0v) is 10.5. The van der Waals surface area contributed by atoms with Gasteiger partial charge in [0.25, 0.3) is 5.56 Å². The third kappa shape index (κ3) is 3.74. The monoisotopic (exact) mass is 261 g/mol. The van der Waals surface area contributed by atoms with E-state index in [2.05, 4.69) is 15.3 Å². The van der Waals surface area contributed by atoms with Crippen LogP contribution in [0.15, 0.2) is 39.9 Å². The maximum absolute atomic E-state index is 11.1. The highest BCUT2D eigenvalue weighted by atomic mass is 16.5. The lowest BCUT2D eigenvalue weighted by atomic mass is 10.1. The molecule has 19 heavy (non-hydrogen) atoms. The normalized spacial score (nSPS) is 10.2. The molecule has 6 nitrogen and oxygen atoms in total. The molecule has 1 heterocycles. The summed E-state index contributed by atoms with van der Waals surface area (Å²) < 4.78 is 5.08. The number of aromatic amines is 2. The van der Waals surface area contributed by atoms with Crippen molar-refractivity contribution in [3.63, 3.8) is 0 Å². The molecule has 2 rings (SSSR count). The van der Waals surface area contributed by atoms with Crippen LogP contribution in [0, 0.1) is 0 Å². The Balaban J connectivity index is 1.92. The molecule has 6 heteroatoms. The summed E-state index contributed by atoms with van der Waals surface area (Å²) in [5.41, 5.74) is 0.204. The van der Waals surface area contributed by atoms with Crippen LogP contribution in [0.2, 0.25) is 0 Å². The van der Waals surface area contributed by atoms with Gasteiger partial charge in [-0.15, -0.1) is 0 Å². The molecule has 2 aromatic rings. The van der Waals surface area contributed by atoms with E-state index in [1.165, 1.54) is 6.07 Å². The Bertz CT molecular complexity index is 615. The van der Waals surface area contributed by atoms with Crippen molar-refractivity contribution >= 4 is 5.82 Å². The van der Waals surface area contributed by atoms with Crippen LogP contribution in [0.3, 0.4) is 0 Å². The number of H-pyrrole nitrogens is 2. The summed E-state index contributed by atoms with van der Waals surface area (Å²) in [5, 5.41) is 3.00. The number of aromatic nitrogens is 2. The van der Waals surface area contributed by atoms with Gasteiger partial charge in [0.2, 0.25) is 0 Å². The molecule has 0 bridgehead atoms. The molecule has 1 aromatic heterocycles. The van der Waals surface area contributed by atoms with Crippen molar-refractivity contribution in [2.45, 2.75) is 6.42 Å². The fourth-order valence-electron chi connectivity index (χ4n) is 1.70. The van der Waals surface area contributed by atoms with Crippen molar-refractivity contribution < 1.29 is 4.74 Å². The summed E-state index contributed by atoms with van der Waals surface area (Å²) >= 11 is 0. The largest absolute Gasteiger partial charge is 0.497 e. The van der Waals surface area contributed by atoms with Crippen molar-refractivity contribution in [1.82, 2.24) is 9.97 Å². The first-order valence-corrected chi connectivity index (χ1v) is 5.88. The molecular weight excluding hydrogens is 246 g/mol. The first-order valence-electron chi connectivity index (χ1n) is 5.88. The van der Waals surface area contributed by atoms with Gasteiger partial charge in [0.05, 0.1) is 7.11 Å². The fourth-order valence-corrected chi connectivity index (χ4v) is 1.70. The summed E-state index contributed by atoms with van der Waals surface area (Å²) in [6, 6.07) is 9.05. The number of nitrogens with one attached hydrogen (secondary N) is 3. The first-order chi connectivity index (χ1) is 9.17. The Morgan fingerprint density at radius 3 is 2.53 bits per heavy atom. The van der Waals surface area contributed by atoms with E-state index in [-0.39, 0.29) is 0 Å².